The number of nitrogens with zero attached hydrogens (tertiary/aromatic N) is 3. The number of rotatable bonds is 7. The largest absolute Gasteiger partial charge is 0.497 e. The second-order valence-electron chi connectivity index (χ2n) is 8.47. The van der Waals surface area contributed by atoms with Gasteiger partial charge in [-0.1, -0.05) is 42.0 Å². The molecule has 4 rings (SSSR count). The number of methoxy groups -OCH3 is 1. The van der Waals surface area contributed by atoms with Crippen LogP contribution in [0.5, 0.6) is 5.75 Å². The fourth-order valence-electron chi connectivity index (χ4n) is 4.22. The van der Waals surface area contributed by atoms with Gasteiger partial charge in [-0.2, -0.15) is 0 Å². The molecule has 1 aromatic heterocycles. The molecule has 0 bridgehead atoms. The molecule has 0 radical (unpaired) electrons. The Bertz CT molecular complexity index is 1100. The fourth-order valence-corrected chi connectivity index (χ4v) is 4.22. The molecule has 32 heavy (non-hydrogen) atoms. The van der Waals surface area contributed by atoms with Crippen LogP contribution in [0.15, 0.2) is 54.7 Å². The van der Waals surface area contributed by atoms with Crippen molar-refractivity contribution in [1.29, 1.82) is 0 Å². The third-order valence-electron chi connectivity index (χ3n) is 5.96. The number of nitrogens with one attached hydrogen (secondary N) is 1. The molecule has 6 heteroatoms. The van der Waals surface area contributed by atoms with Gasteiger partial charge < -0.3 is 10.1 Å². The average Bonchev–Trinajstić information content (AvgIpc) is 3.26. The van der Waals surface area contributed by atoms with Gasteiger partial charge in [0.05, 0.1) is 18.4 Å². The number of carbonyl (C=O) groups excluding carboxylic acids is 1. The lowest BCUT2D eigenvalue weighted by Crippen LogP contribution is -2.25. The van der Waals surface area contributed by atoms with Crippen molar-refractivity contribution < 1.29 is 9.53 Å². The van der Waals surface area contributed by atoms with Crippen LogP contribution in [0, 0.1) is 13.8 Å². The van der Waals surface area contributed by atoms with Gasteiger partial charge in [-0.05, 0) is 50.1 Å². The molecule has 1 N–H and O–H groups in total. The van der Waals surface area contributed by atoms with Crippen LogP contribution in [0.25, 0.3) is 0 Å². The minimum atomic E-state index is -0.163. The molecule has 2 heterocycles. The fraction of sp³-hybridized carbons (Fsp3) is 0.346. The first-order valence-corrected chi connectivity index (χ1v) is 11.0. The van der Waals surface area contributed by atoms with Gasteiger partial charge in [0, 0.05) is 31.7 Å². The summed E-state index contributed by atoms with van der Waals surface area (Å²) in [6.07, 6.45) is 2.70. The number of carbonyl (C=O) groups is 1. The van der Waals surface area contributed by atoms with E-state index >= 15 is 0 Å². The van der Waals surface area contributed by atoms with E-state index in [-0.39, 0.29) is 5.91 Å². The van der Waals surface area contributed by atoms with Gasteiger partial charge in [0.1, 0.15) is 11.6 Å². The van der Waals surface area contributed by atoms with Gasteiger partial charge in [0.25, 0.3) is 5.91 Å². The molecule has 0 aliphatic carbocycles. The van der Waals surface area contributed by atoms with Crippen LogP contribution < -0.4 is 10.1 Å². The Kier molecular flexibility index (Phi) is 6.81. The van der Waals surface area contributed by atoms with Crippen molar-refractivity contribution in [1.82, 2.24) is 20.2 Å². The van der Waals surface area contributed by atoms with Crippen molar-refractivity contribution in [2.45, 2.75) is 39.3 Å². The molecule has 1 amide bonds. The van der Waals surface area contributed by atoms with E-state index in [9.17, 15) is 4.79 Å². The van der Waals surface area contributed by atoms with E-state index < -0.39 is 0 Å². The number of hydrogen-bond donors (Lipinski definition) is 1. The Morgan fingerprint density at radius 2 is 1.97 bits per heavy atom. The maximum atomic E-state index is 12.7. The molecule has 3 aromatic rings. The topological polar surface area (TPSA) is 67.3 Å². The molecule has 1 aliphatic rings. The van der Waals surface area contributed by atoms with Crippen molar-refractivity contribution in [3.05, 3.63) is 88.5 Å². The summed E-state index contributed by atoms with van der Waals surface area (Å²) in [5, 5.41) is 2.95. The van der Waals surface area contributed by atoms with E-state index in [0.717, 1.165) is 48.9 Å². The Labute approximate surface area is 189 Å². The second-order valence-corrected chi connectivity index (χ2v) is 8.47. The van der Waals surface area contributed by atoms with Crippen molar-refractivity contribution in [2.24, 2.45) is 0 Å². The van der Waals surface area contributed by atoms with Crippen LogP contribution in [0.1, 0.15) is 50.9 Å². The maximum Gasteiger partial charge on any atom is 0.254 e. The van der Waals surface area contributed by atoms with Crippen LogP contribution in [-0.4, -0.2) is 41.0 Å². The van der Waals surface area contributed by atoms with Crippen molar-refractivity contribution in [3.8, 4) is 5.75 Å². The van der Waals surface area contributed by atoms with Gasteiger partial charge >= 0.3 is 0 Å². The highest BCUT2D eigenvalue weighted by Crippen LogP contribution is 2.26. The number of hydrogen-bond acceptors (Lipinski definition) is 5. The maximum absolute atomic E-state index is 12.7. The number of aryl methyl sites for hydroxylation is 2. The molecule has 0 unspecified atom stereocenters. The third kappa shape index (κ3) is 5.32. The normalized spacial score (nSPS) is 16.2. The lowest BCUT2D eigenvalue weighted by atomic mass is 10.1. The van der Waals surface area contributed by atoms with Gasteiger partial charge in [-0.25, -0.2) is 9.97 Å². The minimum absolute atomic E-state index is 0.163. The molecule has 2 aromatic carbocycles. The minimum Gasteiger partial charge on any atom is -0.497 e. The van der Waals surface area contributed by atoms with E-state index in [1.165, 1.54) is 11.1 Å². The number of benzene rings is 2. The molecule has 0 spiro atoms. The van der Waals surface area contributed by atoms with Crippen LogP contribution >= 0.6 is 0 Å². The van der Waals surface area contributed by atoms with Crippen LogP contribution in [0.4, 0.5) is 0 Å². The molecular formula is C26H30N4O2. The van der Waals surface area contributed by atoms with E-state index in [1.54, 1.807) is 13.3 Å². The highest BCUT2D eigenvalue weighted by Gasteiger charge is 2.26. The number of aromatic nitrogens is 2. The van der Waals surface area contributed by atoms with Crippen LogP contribution in [0.2, 0.25) is 0 Å². The molecule has 166 valence electrons. The van der Waals surface area contributed by atoms with Gasteiger partial charge in [-0.15, -0.1) is 0 Å². The molecule has 1 fully saturated rings. The lowest BCUT2D eigenvalue weighted by molar-refractivity contribution is 0.0949. The van der Waals surface area contributed by atoms with Crippen LogP contribution in [0.3, 0.4) is 0 Å². The zero-order valence-electron chi connectivity index (χ0n) is 19.0. The third-order valence-corrected chi connectivity index (χ3v) is 5.96. The molecule has 1 aliphatic heterocycles. The molecule has 1 atom stereocenters. The standard InChI is InChI=1S/C26H30N4O2/c1-18-6-4-8-21(12-18)16-30-11-10-22(17-30)25-27-15-24(19(2)29-25)26(31)28-14-20-7-5-9-23(13-20)32-3/h4-9,12-13,15,22H,10-11,14,16-17H2,1-3H3,(H,28,31)/t22-/m0/s1. The van der Waals surface area contributed by atoms with Gasteiger partial charge in [-0.3, -0.25) is 9.69 Å². The highest BCUT2D eigenvalue weighted by molar-refractivity contribution is 5.94. The van der Waals surface area contributed by atoms with Gasteiger partial charge in [0.15, 0.2) is 0 Å². The van der Waals surface area contributed by atoms with Crippen molar-refractivity contribution in [3.63, 3.8) is 0 Å². The SMILES string of the molecule is COc1cccc(CNC(=O)c2cnc([C@H]3CCN(Cc4cccc(C)c4)C3)nc2C)c1. The predicted octanol–water partition coefficient (Wildman–Crippen LogP) is 4.02. The van der Waals surface area contributed by atoms with Crippen molar-refractivity contribution >= 4 is 5.91 Å². The zero-order chi connectivity index (χ0) is 22.5. The van der Waals surface area contributed by atoms with E-state index in [2.05, 4.69) is 46.4 Å². The first-order chi connectivity index (χ1) is 15.5. The zero-order valence-corrected chi connectivity index (χ0v) is 19.0. The summed E-state index contributed by atoms with van der Waals surface area (Å²) < 4.78 is 5.24. The summed E-state index contributed by atoms with van der Waals surface area (Å²) in [6.45, 7) is 7.35. The second kappa shape index (κ2) is 9.92. The molecule has 0 saturated carbocycles. The van der Waals surface area contributed by atoms with E-state index in [4.69, 9.17) is 9.72 Å². The number of ether oxygens (including phenoxy) is 1. The highest BCUT2D eigenvalue weighted by atomic mass is 16.5. The summed E-state index contributed by atoms with van der Waals surface area (Å²) >= 11 is 0. The first kappa shape index (κ1) is 22.0. The monoisotopic (exact) mass is 430 g/mol. The summed E-state index contributed by atoms with van der Waals surface area (Å²) in [5.41, 5.74) is 4.84. The predicted molar refractivity (Wildman–Crippen MR) is 125 cm³/mol. The summed E-state index contributed by atoms with van der Waals surface area (Å²) in [5.74, 6) is 1.74. The number of likely N-dealkylation sites (tertiary alicyclic amines) is 1. The first-order valence-electron chi connectivity index (χ1n) is 11.0. The summed E-state index contributed by atoms with van der Waals surface area (Å²) in [7, 11) is 1.63. The quantitative estimate of drug-likeness (QED) is 0.613. The Hall–Kier alpha value is -3.25. The van der Waals surface area contributed by atoms with E-state index in [1.807, 2.05) is 31.2 Å². The molecule has 1 saturated heterocycles. The number of amides is 1. The Morgan fingerprint density at radius 3 is 2.75 bits per heavy atom. The summed E-state index contributed by atoms with van der Waals surface area (Å²) in [6, 6.07) is 16.3. The lowest BCUT2D eigenvalue weighted by Gasteiger charge is -2.16. The Morgan fingerprint density at radius 1 is 1.16 bits per heavy atom. The van der Waals surface area contributed by atoms with Crippen molar-refractivity contribution in [2.75, 3.05) is 20.2 Å². The van der Waals surface area contributed by atoms with Gasteiger partial charge in [0.2, 0.25) is 0 Å². The molecular weight excluding hydrogens is 400 g/mol. The molecule has 6 nitrogen and oxygen atoms in total. The summed E-state index contributed by atoms with van der Waals surface area (Å²) in [4.78, 5) is 24.4. The average molecular weight is 431 g/mol. The van der Waals surface area contributed by atoms with E-state index in [0.29, 0.717) is 18.0 Å². The smallest absolute Gasteiger partial charge is 0.254 e. The van der Waals surface area contributed by atoms with Crippen LogP contribution in [-0.2, 0) is 13.1 Å². The Balaban J connectivity index is 1.36.